The third-order valence-corrected chi connectivity index (χ3v) is 6.09. The Morgan fingerprint density at radius 2 is 1.36 bits per heavy atom. The van der Waals surface area contributed by atoms with Crippen LogP contribution < -0.4 is 10.1 Å². The van der Waals surface area contributed by atoms with E-state index in [9.17, 15) is 18.6 Å². The van der Waals surface area contributed by atoms with Crippen LogP contribution in [0.2, 0.25) is 0 Å². The van der Waals surface area contributed by atoms with Gasteiger partial charge in [-0.25, -0.2) is 13.6 Å². The number of hydrazone groups is 1. The summed E-state index contributed by atoms with van der Waals surface area (Å²) >= 11 is 0. The van der Waals surface area contributed by atoms with Crippen molar-refractivity contribution < 1.29 is 18.6 Å². The van der Waals surface area contributed by atoms with Gasteiger partial charge in [-0.15, -0.1) is 0 Å². The fourth-order valence-electron chi connectivity index (χ4n) is 3.43. The van der Waals surface area contributed by atoms with Gasteiger partial charge in [0.2, 0.25) is 10.0 Å². The third kappa shape index (κ3) is 5.68. The van der Waals surface area contributed by atoms with E-state index in [4.69, 9.17) is 10.2 Å². The number of hydrogen-bond donors (Lipinski definition) is 3. The second-order valence-corrected chi connectivity index (χ2v) is 9.18. The molecule has 0 amide bonds. The summed E-state index contributed by atoms with van der Waals surface area (Å²) in [6.07, 6.45) is 8.46. The maximum Gasteiger partial charge on any atom is 0.238 e. The molecule has 168 valence electrons. The van der Waals surface area contributed by atoms with Crippen molar-refractivity contribution in [2.75, 3.05) is 5.01 Å². The Morgan fingerprint density at radius 3 is 1.91 bits per heavy atom. The molecular formula is C25H23N3O4S. The lowest BCUT2D eigenvalue weighted by Gasteiger charge is -2.21. The Kier molecular flexibility index (Phi) is 6.30. The van der Waals surface area contributed by atoms with Crippen LogP contribution in [0.1, 0.15) is 17.5 Å². The summed E-state index contributed by atoms with van der Waals surface area (Å²) in [6, 6.07) is 19.9. The van der Waals surface area contributed by atoms with Gasteiger partial charge in [0.1, 0.15) is 11.5 Å². The average Bonchev–Trinajstić information content (AvgIpc) is 3.21. The van der Waals surface area contributed by atoms with E-state index in [1.54, 1.807) is 36.4 Å². The number of sulfonamides is 1. The number of aromatic hydroxyl groups is 2. The van der Waals surface area contributed by atoms with Crippen molar-refractivity contribution in [3.8, 4) is 11.5 Å². The van der Waals surface area contributed by atoms with E-state index in [0.29, 0.717) is 6.42 Å². The minimum absolute atomic E-state index is 0.0399. The number of hydrogen-bond acceptors (Lipinski definition) is 6. The van der Waals surface area contributed by atoms with E-state index < -0.39 is 10.0 Å². The van der Waals surface area contributed by atoms with Gasteiger partial charge in [-0.05, 0) is 65.7 Å². The second-order valence-electron chi connectivity index (χ2n) is 7.62. The molecule has 1 unspecified atom stereocenters. The maximum absolute atomic E-state index is 11.6. The van der Waals surface area contributed by atoms with Gasteiger partial charge in [-0.1, -0.05) is 42.5 Å². The van der Waals surface area contributed by atoms with Crippen LogP contribution in [0, 0.1) is 0 Å². The molecule has 8 heteroatoms. The van der Waals surface area contributed by atoms with E-state index in [1.165, 1.54) is 12.1 Å². The molecule has 0 fully saturated rings. The second kappa shape index (κ2) is 9.32. The molecule has 0 bridgehead atoms. The molecule has 0 aliphatic carbocycles. The Morgan fingerprint density at radius 1 is 0.818 bits per heavy atom. The highest BCUT2D eigenvalue weighted by Gasteiger charge is 2.25. The molecular weight excluding hydrogens is 438 g/mol. The molecule has 1 atom stereocenters. The fourth-order valence-corrected chi connectivity index (χ4v) is 3.94. The molecule has 1 aliphatic heterocycles. The Labute approximate surface area is 192 Å². The van der Waals surface area contributed by atoms with Crippen molar-refractivity contribution in [3.63, 3.8) is 0 Å². The average molecular weight is 462 g/mol. The fraction of sp³-hybridized carbons (Fsp3) is 0.0800. The summed E-state index contributed by atoms with van der Waals surface area (Å²) < 4.78 is 23.2. The molecule has 1 aliphatic rings. The zero-order chi connectivity index (χ0) is 23.4. The molecule has 0 saturated heterocycles. The van der Waals surface area contributed by atoms with E-state index >= 15 is 0 Å². The number of benzene rings is 3. The Bertz CT molecular complexity index is 1310. The minimum atomic E-state index is -3.78. The summed E-state index contributed by atoms with van der Waals surface area (Å²) in [6.45, 7) is 0. The molecule has 0 saturated carbocycles. The molecule has 4 rings (SSSR count). The number of rotatable bonds is 6. The normalized spacial score (nSPS) is 16.6. The Hall–Kier alpha value is -3.88. The number of primary sulfonamides is 1. The standard InChI is InChI=1S/C25H23N3O4S/c26-33(31,32)25-15-9-21(10-16-25)28-22(8-2-19-5-13-24(30)14-6-19)17-20(27-28)7-1-18-3-11-23(29)12-4-18/h1-16,22,29-30H,17H2,(H2,26,31,32)/b7-1+,8-2+. The van der Waals surface area contributed by atoms with Gasteiger partial charge in [0.15, 0.2) is 0 Å². The molecule has 0 aromatic heterocycles. The molecule has 7 nitrogen and oxygen atoms in total. The number of phenolic OH excluding ortho intramolecular Hbond substituents is 2. The lowest BCUT2D eigenvalue weighted by atomic mass is 10.1. The largest absolute Gasteiger partial charge is 0.508 e. The van der Waals surface area contributed by atoms with Crippen molar-refractivity contribution in [2.24, 2.45) is 10.2 Å². The highest BCUT2D eigenvalue weighted by Crippen LogP contribution is 2.28. The molecule has 1 heterocycles. The van der Waals surface area contributed by atoms with E-state index in [1.807, 2.05) is 53.6 Å². The highest BCUT2D eigenvalue weighted by molar-refractivity contribution is 7.89. The minimum Gasteiger partial charge on any atom is -0.508 e. The molecule has 3 aromatic rings. The van der Waals surface area contributed by atoms with Gasteiger partial charge in [-0.2, -0.15) is 5.10 Å². The van der Waals surface area contributed by atoms with E-state index in [2.05, 4.69) is 0 Å². The van der Waals surface area contributed by atoms with Crippen molar-refractivity contribution in [1.82, 2.24) is 0 Å². The first-order chi connectivity index (χ1) is 15.8. The molecule has 0 spiro atoms. The van der Waals surface area contributed by atoms with Crippen molar-refractivity contribution in [2.45, 2.75) is 17.4 Å². The van der Waals surface area contributed by atoms with Gasteiger partial charge in [0, 0.05) is 6.42 Å². The van der Waals surface area contributed by atoms with Crippen molar-refractivity contribution in [1.29, 1.82) is 0 Å². The zero-order valence-electron chi connectivity index (χ0n) is 17.6. The van der Waals surface area contributed by atoms with Gasteiger partial charge in [-0.3, -0.25) is 5.01 Å². The SMILES string of the molecule is NS(=O)(=O)c1ccc(N2N=C(/C=C/c3ccc(O)cc3)CC2/C=C/c2ccc(O)cc2)cc1. The predicted molar refractivity (Wildman–Crippen MR) is 130 cm³/mol. The smallest absolute Gasteiger partial charge is 0.238 e. The summed E-state index contributed by atoms with van der Waals surface area (Å²) in [5, 5.41) is 30.7. The molecule has 33 heavy (non-hydrogen) atoms. The van der Waals surface area contributed by atoms with Crippen LogP contribution in [-0.4, -0.2) is 30.4 Å². The number of allylic oxidation sites excluding steroid dienone is 1. The van der Waals surface area contributed by atoms with Gasteiger partial charge in [0.05, 0.1) is 22.3 Å². The lowest BCUT2D eigenvalue weighted by Crippen LogP contribution is -2.24. The van der Waals surface area contributed by atoms with Gasteiger partial charge >= 0.3 is 0 Å². The van der Waals surface area contributed by atoms with Crippen LogP contribution in [0.15, 0.2) is 94.9 Å². The monoisotopic (exact) mass is 461 g/mol. The third-order valence-electron chi connectivity index (χ3n) is 5.16. The quantitative estimate of drug-likeness (QED) is 0.511. The summed E-state index contributed by atoms with van der Waals surface area (Å²) in [7, 11) is -3.78. The zero-order valence-corrected chi connectivity index (χ0v) is 18.4. The van der Waals surface area contributed by atoms with Gasteiger partial charge in [0.25, 0.3) is 0 Å². The van der Waals surface area contributed by atoms with Gasteiger partial charge < -0.3 is 10.2 Å². The van der Waals surface area contributed by atoms with E-state index in [0.717, 1.165) is 22.5 Å². The highest BCUT2D eigenvalue weighted by atomic mass is 32.2. The molecule has 4 N–H and O–H groups in total. The molecule has 0 radical (unpaired) electrons. The van der Waals surface area contributed by atoms with Crippen LogP contribution in [-0.2, 0) is 10.0 Å². The van der Waals surface area contributed by atoms with Crippen LogP contribution >= 0.6 is 0 Å². The molecule has 3 aromatic carbocycles. The number of nitrogens with zero attached hydrogens (tertiary/aromatic N) is 2. The maximum atomic E-state index is 11.6. The van der Waals surface area contributed by atoms with Crippen LogP contribution in [0.4, 0.5) is 5.69 Å². The predicted octanol–water partition coefficient (Wildman–Crippen LogP) is 4.11. The Balaban J connectivity index is 1.61. The van der Waals surface area contributed by atoms with Crippen LogP contribution in [0.25, 0.3) is 12.2 Å². The lowest BCUT2D eigenvalue weighted by molar-refractivity contribution is 0.474. The number of nitrogens with two attached hydrogens (primary N) is 1. The summed E-state index contributed by atoms with van der Waals surface area (Å²) in [4.78, 5) is 0.0399. The first-order valence-corrected chi connectivity index (χ1v) is 11.8. The summed E-state index contributed by atoms with van der Waals surface area (Å²) in [5.74, 6) is 0.411. The van der Waals surface area contributed by atoms with Crippen LogP contribution in [0.3, 0.4) is 0 Å². The summed E-state index contributed by atoms with van der Waals surface area (Å²) in [5.41, 5.74) is 3.45. The van der Waals surface area contributed by atoms with E-state index in [-0.39, 0.29) is 22.4 Å². The van der Waals surface area contributed by atoms with Crippen LogP contribution in [0.5, 0.6) is 11.5 Å². The number of anilines is 1. The first-order valence-electron chi connectivity index (χ1n) is 10.2. The number of phenols is 2. The van der Waals surface area contributed by atoms with Crippen molar-refractivity contribution >= 4 is 33.6 Å². The first kappa shape index (κ1) is 22.3. The van der Waals surface area contributed by atoms with Crippen molar-refractivity contribution in [3.05, 3.63) is 96.1 Å². The topological polar surface area (TPSA) is 116 Å².